The van der Waals surface area contributed by atoms with Crippen LogP contribution in [0, 0.1) is 11.5 Å². The third-order valence-corrected chi connectivity index (χ3v) is 6.10. The van der Waals surface area contributed by atoms with Crippen LogP contribution in [0.15, 0.2) is 33.7 Å². The normalized spacial score (nSPS) is 11.9. The summed E-state index contributed by atoms with van der Waals surface area (Å²) in [6, 6.07) is 6.04. The number of nitrogens with zero attached hydrogens (tertiary/aromatic N) is 1. The zero-order valence-electron chi connectivity index (χ0n) is 15.4. The van der Waals surface area contributed by atoms with Gasteiger partial charge in [-0.05, 0) is 24.3 Å². The van der Waals surface area contributed by atoms with Gasteiger partial charge in [0.1, 0.15) is 13.8 Å². The Labute approximate surface area is 161 Å². The Hall–Kier alpha value is -1.59. The van der Waals surface area contributed by atoms with Crippen molar-refractivity contribution in [2.45, 2.75) is 44.3 Å². The van der Waals surface area contributed by atoms with Crippen molar-refractivity contribution >= 4 is 29.7 Å². The first-order valence-corrected chi connectivity index (χ1v) is 13.7. The maximum Gasteiger partial charge on any atom is 0.240 e. The lowest BCUT2D eigenvalue weighted by molar-refractivity contribution is 0.380. The smallest absolute Gasteiger partial charge is 0.240 e. The van der Waals surface area contributed by atoms with Crippen LogP contribution >= 0.6 is 11.6 Å². The van der Waals surface area contributed by atoms with E-state index in [0.717, 1.165) is 11.3 Å². The molecule has 1 heterocycles. The first kappa shape index (κ1) is 20.7. The molecule has 0 amide bonds. The van der Waals surface area contributed by atoms with Gasteiger partial charge in [-0.2, -0.15) is 0 Å². The molecule has 0 aliphatic carbocycles. The second-order valence-electron chi connectivity index (χ2n) is 6.88. The van der Waals surface area contributed by atoms with Crippen molar-refractivity contribution in [2.75, 3.05) is 6.54 Å². The largest absolute Gasteiger partial charge is 0.360 e. The minimum atomic E-state index is -3.59. The topological polar surface area (TPSA) is 72.2 Å². The Morgan fingerprint density at radius 3 is 2.46 bits per heavy atom. The SMILES string of the molecule is CCc1onc(CCNS(=O)(=O)c2ccc(Cl)cc2)c1C#C[Si](C)(C)C. The van der Waals surface area contributed by atoms with E-state index in [2.05, 4.69) is 41.0 Å². The first-order chi connectivity index (χ1) is 12.1. The Morgan fingerprint density at radius 1 is 1.23 bits per heavy atom. The van der Waals surface area contributed by atoms with Crippen LogP contribution < -0.4 is 4.72 Å². The average molecular weight is 411 g/mol. The van der Waals surface area contributed by atoms with Gasteiger partial charge in [0.05, 0.1) is 10.5 Å². The van der Waals surface area contributed by atoms with Gasteiger partial charge in [-0.25, -0.2) is 13.1 Å². The second kappa shape index (κ2) is 8.40. The van der Waals surface area contributed by atoms with Gasteiger partial charge in [0.25, 0.3) is 0 Å². The molecule has 0 bridgehead atoms. The maximum absolute atomic E-state index is 12.3. The van der Waals surface area contributed by atoms with E-state index in [1.807, 2.05) is 6.92 Å². The fraction of sp³-hybridized carbons (Fsp3) is 0.389. The van der Waals surface area contributed by atoms with E-state index >= 15 is 0 Å². The molecule has 0 spiro atoms. The van der Waals surface area contributed by atoms with Crippen molar-refractivity contribution in [1.29, 1.82) is 0 Å². The minimum absolute atomic E-state index is 0.176. The lowest BCUT2D eigenvalue weighted by atomic mass is 10.1. The molecule has 8 heteroatoms. The predicted molar refractivity (Wildman–Crippen MR) is 106 cm³/mol. The highest BCUT2D eigenvalue weighted by atomic mass is 35.5. The lowest BCUT2D eigenvalue weighted by Crippen LogP contribution is -2.26. The molecule has 2 rings (SSSR count). The van der Waals surface area contributed by atoms with Crippen LogP contribution in [0.5, 0.6) is 0 Å². The van der Waals surface area contributed by atoms with Crippen molar-refractivity contribution in [3.63, 3.8) is 0 Å². The number of aryl methyl sites for hydroxylation is 1. The average Bonchev–Trinajstić information content (AvgIpc) is 2.94. The van der Waals surface area contributed by atoms with E-state index < -0.39 is 18.1 Å². The molecule has 0 aliphatic heterocycles. The van der Waals surface area contributed by atoms with Gasteiger partial charge in [-0.1, -0.05) is 49.2 Å². The Morgan fingerprint density at radius 2 is 1.88 bits per heavy atom. The summed E-state index contributed by atoms with van der Waals surface area (Å²) in [5.41, 5.74) is 4.79. The second-order valence-corrected chi connectivity index (χ2v) is 13.8. The molecule has 2 aromatic rings. The van der Waals surface area contributed by atoms with Crippen LogP contribution in [0.25, 0.3) is 0 Å². The summed E-state index contributed by atoms with van der Waals surface area (Å²) in [6.07, 6.45) is 1.10. The number of aromatic nitrogens is 1. The molecule has 0 fully saturated rings. The van der Waals surface area contributed by atoms with Crippen LogP contribution in [-0.2, 0) is 22.9 Å². The monoisotopic (exact) mass is 410 g/mol. The predicted octanol–water partition coefficient (Wildman–Crippen LogP) is 3.64. The van der Waals surface area contributed by atoms with Gasteiger partial charge >= 0.3 is 0 Å². The summed E-state index contributed by atoms with van der Waals surface area (Å²) in [7, 11) is -5.13. The highest BCUT2D eigenvalue weighted by molar-refractivity contribution is 7.89. The molecule has 0 saturated carbocycles. The molecule has 26 heavy (non-hydrogen) atoms. The van der Waals surface area contributed by atoms with Gasteiger partial charge in [-0.15, -0.1) is 5.54 Å². The fourth-order valence-electron chi connectivity index (χ4n) is 2.17. The van der Waals surface area contributed by atoms with Crippen LogP contribution in [0.4, 0.5) is 0 Å². The van der Waals surface area contributed by atoms with E-state index in [0.29, 0.717) is 23.6 Å². The van der Waals surface area contributed by atoms with Gasteiger partial charge in [0.15, 0.2) is 5.76 Å². The Kier molecular flexibility index (Phi) is 6.69. The molecule has 0 aliphatic rings. The number of halogens is 1. The Bertz CT molecular complexity index is 920. The molecule has 5 nitrogen and oxygen atoms in total. The molecular weight excluding hydrogens is 388 g/mol. The van der Waals surface area contributed by atoms with Crippen molar-refractivity contribution in [3.8, 4) is 11.5 Å². The van der Waals surface area contributed by atoms with E-state index in [9.17, 15) is 8.42 Å². The molecule has 0 unspecified atom stereocenters. The summed E-state index contributed by atoms with van der Waals surface area (Å²) >= 11 is 5.80. The zero-order valence-corrected chi connectivity index (χ0v) is 18.0. The molecule has 1 aromatic heterocycles. The van der Waals surface area contributed by atoms with Gasteiger partial charge in [-0.3, -0.25) is 0 Å². The van der Waals surface area contributed by atoms with Crippen molar-refractivity contribution in [3.05, 3.63) is 46.3 Å². The van der Waals surface area contributed by atoms with Crippen molar-refractivity contribution < 1.29 is 12.9 Å². The van der Waals surface area contributed by atoms with Crippen molar-refractivity contribution in [1.82, 2.24) is 9.88 Å². The standard InChI is InChI=1S/C18H23ClN2O3SSi/c1-5-18-16(11-13-26(2,3)4)17(21-24-18)10-12-20-25(22,23)15-8-6-14(19)7-9-15/h6-9,20H,5,10,12H2,1-4H3. The lowest BCUT2D eigenvalue weighted by Gasteiger charge is -2.06. The molecule has 0 saturated heterocycles. The molecule has 1 aromatic carbocycles. The summed E-state index contributed by atoms with van der Waals surface area (Å²) in [6.45, 7) is 8.69. The third-order valence-electron chi connectivity index (χ3n) is 3.49. The number of benzene rings is 1. The van der Waals surface area contributed by atoms with Gasteiger partial charge < -0.3 is 4.52 Å². The highest BCUT2D eigenvalue weighted by Crippen LogP contribution is 2.16. The zero-order chi connectivity index (χ0) is 19.4. The highest BCUT2D eigenvalue weighted by Gasteiger charge is 2.17. The summed E-state index contributed by atoms with van der Waals surface area (Å²) < 4.78 is 32.6. The third kappa shape index (κ3) is 5.71. The summed E-state index contributed by atoms with van der Waals surface area (Å²) in [5, 5.41) is 4.57. The quantitative estimate of drug-likeness (QED) is 0.582. The number of sulfonamides is 1. The van der Waals surface area contributed by atoms with Crippen LogP contribution in [0.3, 0.4) is 0 Å². The number of hydrogen-bond acceptors (Lipinski definition) is 4. The van der Waals surface area contributed by atoms with Crippen LogP contribution in [0.1, 0.15) is 23.9 Å². The van der Waals surface area contributed by atoms with Gasteiger partial charge in [0, 0.05) is 24.4 Å². The maximum atomic E-state index is 12.3. The fourth-order valence-corrected chi connectivity index (χ4v) is 3.82. The number of hydrogen-bond donors (Lipinski definition) is 1. The summed E-state index contributed by atoms with van der Waals surface area (Å²) in [4.78, 5) is 0.176. The summed E-state index contributed by atoms with van der Waals surface area (Å²) in [5.74, 6) is 3.94. The Balaban J connectivity index is 2.11. The minimum Gasteiger partial charge on any atom is -0.360 e. The first-order valence-electron chi connectivity index (χ1n) is 8.38. The molecule has 0 atom stereocenters. The van der Waals surface area contributed by atoms with E-state index in [4.69, 9.17) is 16.1 Å². The van der Waals surface area contributed by atoms with Crippen LogP contribution in [0.2, 0.25) is 24.7 Å². The molecular formula is C18H23ClN2O3SSi. The molecule has 140 valence electrons. The van der Waals surface area contributed by atoms with Crippen molar-refractivity contribution in [2.24, 2.45) is 0 Å². The van der Waals surface area contributed by atoms with E-state index in [1.165, 1.54) is 12.1 Å². The number of nitrogens with one attached hydrogen (secondary N) is 1. The van der Waals surface area contributed by atoms with E-state index in [-0.39, 0.29) is 11.4 Å². The molecule has 0 radical (unpaired) electrons. The molecule has 1 N–H and O–H groups in total. The van der Waals surface area contributed by atoms with Gasteiger partial charge in [0.2, 0.25) is 10.0 Å². The van der Waals surface area contributed by atoms with Crippen LogP contribution in [-0.4, -0.2) is 28.2 Å². The van der Waals surface area contributed by atoms with E-state index in [1.54, 1.807) is 12.1 Å². The number of rotatable bonds is 6.